The molecule has 0 bridgehead atoms. The third-order valence-electron chi connectivity index (χ3n) is 5.37. The van der Waals surface area contributed by atoms with Gasteiger partial charge in [0.05, 0.1) is 6.10 Å². The first kappa shape index (κ1) is 17.5. The fraction of sp³-hybridized carbons (Fsp3) is 0.789. The Balaban J connectivity index is 1.63. The molecule has 134 valence electrons. The van der Waals surface area contributed by atoms with Gasteiger partial charge in [-0.3, -0.25) is 9.59 Å². The van der Waals surface area contributed by atoms with Crippen molar-refractivity contribution < 1.29 is 14.3 Å². The molecule has 1 atom stereocenters. The zero-order valence-electron chi connectivity index (χ0n) is 14.7. The predicted molar refractivity (Wildman–Crippen MR) is 92.5 cm³/mol. The van der Waals surface area contributed by atoms with Crippen molar-refractivity contribution >= 4 is 11.8 Å². The molecule has 0 aromatic carbocycles. The molecule has 2 amide bonds. The summed E-state index contributed by atoms with van der Waals surface area (Å²) < 4.78 is 5.69. The quantitative estimate of drug-likeness (QED) is 0.726. The summed E-state index contributed by atoms with van der Waals surface area (Å²) in [6, 6.07) is 0. The Bertz CT molecular complexity index is 469. The molecular formula is C19H30N2O3. The molecule has 1 aliphatic carbocycles. The number of carbonyl (C=O) groups is 2. The van der Waals surface area contributed by atoms with E-state index in [1.165, 1.54) is 24.8 Å². The summed E-state index contributed by atoms with van der Waals surface area (Å²) >= 11 is 0. The van der Waals surface area contributed by atoms with Crippen LogP contribution in [0.4, 0.5) is 0 Å². The topological polar surface area (TPSA) is 49.9 Å². The van der Waals surface area contributed by atoms with Gasteiger partial charge in [0.1, 0.15) is 6.54 Å². The lowest BCUT2D eigenvalue weighted by Crippen LogP contribution is -2.44. The number of nitrogens with zero attached hydrogens (tertiary/aromatic N) is 2. The summed E-state index contributed by atoms with van der Waals surface area (Å²) in [5.74, 6) is 0.0795. The van der Waals surface area contributed by atoms with Crippen LogP contribution in [-0.2, 0) is 14.3 Å². The summed E-state index contributed by atoms with van der Waals surface area (Å²) in [5.41, 5.74) is 1.25. The number of hydrogen-bond donors (Lipinski definition) is 0. The molecule has 0 unspecified atom stereocenters. The lowest BCUT2D eigenvalue weighted by atomic mass is 9.94. The van der Waals surface area contributed by atoms with E-state index in [9.17, 15) is 9.59 Å². The van der Waals surface area contributed by atoms with E-state index in [1.807, 2.05) is 4.90 Å². The standard InChI is InChI=1S/C19H30N2O3/c22-18(13-16-7-2-1-3-8-16)21(14-17-9-6-12-24-17)15-19(23)20-10-4-5-11-20/h13,17H,1-12,14-15H2/t17-/m0/s1. The molecular weight excluding hydrogens is 304 g/mol. The average Bonchev–Trinajstić information content (AvgIpc) is 3.29. The van der Waals surface area contributed by atoms with Gasteiger partial charge in [-0.2, -0.15) is 0 Å². The molecule has 0 aromatic heterocycles. The summed E-state index contributed by atoms with van der Waals surface area (Å²) in [5, 5.41) is 0. The second kappa shape index (κ2) is 8.65. The van der Waals surface area contributed by atoms with Gasteiger partial charge in [-0.05, 0) is 51.4 Å². The highest BCUT2D eigenvalue weighted by molar-refractivity contribution is 5.92. The molecule has 0 radical (unpaired) electrons. The molecule has 2 heterocycles. The Morgan fingerprint density at radius 1 is 1.08 bits per heavy atom. The van der Waals surface area contributed by atoms with E-state index in [2.05, 4.69) is 0 Å². The van der Waals surface area contributed by atoms with Crippen molar-refractivity contribution in [3.63, 3.8) is 0 Å². The summed E-state index contributed by atoms with van der Waals surface area (Å²) in [7, 11) is 0. The van der Waals surface area contributed by atoms with E-state index in [4.69, 9.17) is 4.74 Å². The van der Waals surface area contributed by atoms with Crippen LogP contribution < -0.4 is 0 Å². The Kier molecular flexibility index (Phi) is 6.30. The highest BCUT2D eigenvalue weighted by Gasteiger charge is 2.26. The fourth-order valence-corrected chi connectivity index (χ4v) is 3.91. The van der Waals surface area contributed by atoms with Gasteiger partial charge in [-0.25, -0.2) is 0 Å². The predicted octanol–water partition coefficient (Wildman–Crippen LogP) is 2.51. The Hall–Kier alpha value is -1.36. The first-order valence-corrected chi connectivity index (χ1v) is 9.60. The molecule has 0 spiro atoms. The van der Waals surface area contributed by atoms with E-state index < -0.39 is 0 Å². The van der Waals surface area contributed by atoms with Crippen molar-refractivity contribution in [3.05, 3.63) is 11.6 Å². The van der Waals surface area contributed by atoms with Crippen LogP contribution in [0.15, 0.2) is 11.6 Å². The molecule has 1 saturated carbocycles. The zero-order valence-corrected chi connectivity index (χ0v) is 14.7. The molecule has 24 heavy (non-hydrogen) atoms. The molecule has 0 N–H and O–H groups in total. The monoisotopic (exact) mass is 334 g/mol. The highest BCUT2D eigenvalue weighted by Crippen LogP contribution is 2.23. The summed E-state index contributed by atoms with van der Waals surface area (Å²) in [6.45, 7) is 3.18. The van der Waals surface area contributed by atoms with Gasteiger partial charge < -0.3 is 14.5 Å². The maximum absolute atomic E-state index is 12.8. The second-order valence-electron chi connectivity index (χ2n) is 7.30. The minimum atomic E-state index is -0.00468. The van der Waals surface area contributed by atoms with Gasteiger partial charge in [0, 0.05) is 32.3 Å². The van der Waals surface area contributed by atoms with Crippen molar-refractivity contribution in [2.24, 2.45) is 0 Å². The van der Waals surface area contributed by atoms with E-state index in [-0.39, 0.29) is 24.5 Å². The largest absolute Gasteiger partial charge is 0.376 e. The third kappa shape index (κ3) is 4.82. The SMILES string of the molecule is O=C(C=C1CCCCC1)N(CC(=O)N1CCCC1)C[C@@H]1CCCO1. The minimum absolute atomic E-state index is 0.00468. The van der Waals surface area contributed by atoms with Crippen LogP contribution >= 0.6 is 0 Å². The van der Waals surface area contributed by atoms with Crippen LogP contribution in [-0.4, -0.2) is 60.5 Å². The number of rotatable bonds is 5. The molecule has 5 nitrogen and oxygen atoms in total. The highest BCUT2D eigenvalue weighted by atomic mass is 16.5. The van der Waals surface area contributed by atoms with Crippen molar-refractivity contribution in [2.75, 3.05) is 32.8 Å². The van der Waals surface area contributed by atoms with Crippen LogP contribution in [0.25, 0.3) is 0 Å². The van der Waals surface area contributed by atoms with E-state index in [0.717, 1.165) is 58.2 Å². The number of ether oxygens (including phenoxy) is 1. The molecule has 2 saturated heterocycles. The molecule has 2 aliphatic heterocycles. The third-order valence-corrected chi connectivity index (χ3v) is 5.37. The van der Waals surface area contributed by atoms with Gasteiger partial charge in [0.25, 0.3) is 0 Å². The van der Waals surface area contributed by atoms with Gasteiger partial charge in [0.2, 0.25) is 11.8 Å². The second-order valence-corrected chi connectivity index (χ2v) is 7.30. The summed E-state index contributed by atoms with van der Waals surface area (Å²) in [6.07, 6.45) is 11.8. The Morgan fingerprint density at radius 3 is 2.50 bits per heavy atom. The zero-order chi connectivity index (χ0) is 16.8. The fourth-order valence-electron chi connectivity index (χ4n) is 3.91. The number of hydrogen-bond acceptors (Lipinski definition) is 3. The van der Waals surface area contributed by atoms with E-state index >= 15 is 0 Å². The molecule has 3 rings (SSSR count). The number of carbonyl (C=O) groups excluding carboxylic acids is 2. The molecule has 0 aromatic rings. The molecule has 5 heteroatoms. The maximum Gasteiger partial charge on any atom is 0.247 e. The first-order valence-electron chi connectivity index (χ1n) is 9.60. The van der Waals surface area contributed by atoms with Crippen molar-refractivity contribution in [2.45, 2.75) is 63.9 Å². The van der Waals surface area contributed by atoms with Gasteiger partial charge in [-0.1, -0.05) is 12.0 Å². The normalized spacial score (nSPS) is 24.2. The van der Waals surface area contributed by atoms with Crippen molar-refractivity contribution in [1.82, 2.24) is 9.80 Å². The van der Waals surface area contributed by atoms with Crippen molar-refractivity contribution in [3.8, 4) is 0 Å². The number of allylic oxidation sites excluding steroid dienone is 1. The van der Waals surface area contributed by atoms with Crippen LogP contribution in [0.5, 0.6) is 0 Å². The van der Waals surface area contributed by atoms with Crippen LogP contribution in [0, 0.1) is 0 Å². The van der Waals surface area contributed by atoms with Crippen LogP contribution in [0.3, 0.4) is 0 Å². The first-order chi connectivity index (χ1) is 11.7. The van der Waals surface area contributed by atoms with Gasteiger partial charge in [-0.15, -0.1) is 0 Å². The number of likely N-dealkylation sites (tertiary alicyclic amines) is 1. The van der Waals surface area contributed by atoms with E-state index in [0.29, 0.717) is 6.54 Å². The van der Waals surface area contributed by atoms with E-state index in [1.54, 1.807) is 11.0 Å². The lowest BCUT2D eigenvalue weighted by Gasteiger charge is -2.27. The Labute approximate surface area is 145 Å². The lowest BCUT2D eigenvalue weighted by molar-refractivity contribution is -0.138. The molecule has 3 fully saturated rings. The van der Waals surface area contributed by atoms with Gasteiger partial charge in [0.15, 0.2) is 0 Å². The van der Waals surface area contributed by atoms with Crippen molar-refractivity contribution in [1.29, 1.82) is 0 Å². The smallest absolute Gasteiger partial charge is 0.247 e. The van der Waals surface area contributed by atoms with Crippen LogP contribution in [0.1, 0.15) is 57.8 Å². The maximum atomic E-state index is 12.8. The summed E-state index contributed by atoms with van der Waals surface area (Å²) in [4.78, 5) is 28.9. The van der Waals surface area contributed by atoms with Crippen LogP contribution in [0.2, 0.25) is 0 Å². The molecule has 3 aliphatic rings. The Morgan fingerprint density at radius 2 is 1.83 bits per heavy atom. The number of amides is 2. The van der Waals surface area contributed by atoms with Gasteiger partial charge >= 0.3 is 0 Å². The minimum Gasteiger partial charge on any atom is -0.376 e. The average molecular weight is 334 g/mol.